The molecule has 0 saturated carbocycles. The van der Waals surface area contributed by atoms with Gasteiger partial charge >= 0.3 is 6.36 Å². The van der Waals surface area contributed by atoms with Gasteiger partial charge in [0.15, 0.2) is 11.6 Å². The van der Waals surface area contributed by atoms with E-state index in [2.05, 4.69) is 35.9 Å². The molecule has 2 aromatic carbocycles. The second-order valence-corrected chi connectivity index (χ2v) is 8.05. The summed E-state index contributed by atoms with van der Waals surface area (Å²) < 4.78 is 54.9. The zero-order chi connectivity index (χ0) is 20.6. The molecule has 154 valence electrons. The molecule has 2 aliphatic carbocycles. The van der Waals surface area contributed by atoms with Crippen molar-refractivity contribution in [1.29, 1.82) is 0 Å². The van der Waals surface area contributed by atoms with Gasteiger partial charge in [-0.3, -0.25) is 0 Å². The Balaban J connectivity index is 1.53. The molecule has 5 heteroatoms. The molecular formula is C24H24F4O. The molecule has 0 N–H and O–H groups in total. The standard InChI is InChI=1S/C24H24F4O/c1-2-3-15-4-9-20-18(12-15)5-6-19-13-16(7-10-21(19)20)17-8-11-23(22(25)14-17)29-24(26,27)28/h2-3,5-6,8,11,14-16H,4,7,9-10,12-13H2,1H3/b3-2+/t15-,16-/m0/s1. The van der Waals surface area contributed by atoms with Gasteiger partial charge in [0, 0.05) is 0 Å². The Labute approximate surface area is 168 Å². The third kappa shape index (κ3) is 4.34. The third-order valence-electron chi connectivity index (χ3n) is 6.20. The van der Waals surface area contributed by atoms with Crippen molar-refractivity contribution in [3.63, 3.8) is 0 Å². The SMILES string of the molecule is C/C=C/[C@H]1CCc2c(ccc3c2CC[C@H](c2ccc(OC(F)(F)F)c(F)c2)C3)C1. The molecular weight excluding hydrogens is 380 g/mol. The molecule has 29 heavy (non-hydrogen) atoms. The van der Waals surface area contributed by atoms with E-state index >= 15 is 0 Å². The number of alkyl halides is 3. The average Bonchev–Trinajstić information content (AvgIpc) is 2.68. The minimum atomic E-state index is -4.89. The van der Waals surface area contributed by atoms with Crippen LogP contribution in [0.4, 0.5) is 17.6 Å². The summed E-state index contributed by atoms with van der Waals surface area (Å²) in [5.41, 5.74) is 6.39. The van der Waals surface area contributed by atoms with Crippen molar-refractivity contribution < 1.29 is 22.3 Å². The Hall–Kier alpha value is -2.30. The normalized spacial score (nSPS) is 21.7. The lowest BCUT2D eigenvalue weighted by molar-refractivity contribution is -0.275. The summed E-state index contributed by atoms with van der Waals surface area (Å²) in [6.45, 7) is 2.06. The first-order valence-electron chi connectivity index (χ1n) is 10.1. The van der Waals surface area contributed by atoms with Crippen LogP contribution in [0.2, 0.25) is 0 Å². The van der Waals surface area contributed by atoms with Crippen LogP contribution in [0, 0.1) is 11.7 Å². The molecule has 0 heterocycles. The fraction of sp³-hybridized carbons (Fsp3) is 0.417. The van der Waals surface area contributed by atoms with Gasteiger partial charge in [-0.05, 0) is 97.2 Å². The maximum Gasteiger partial charge on any atom is 0.573 e. The van der Waals surface area contributed by atoms with Crippen LogP contribution in [-0.2, 0) is 25.7 Å². The molecule has 0 aliphatic heterocycles. The predicted molar refractivity (Wildman–Crippen MR) is 105 cm³/mol. The first kappa shape index (κ1) is 20.0. The van der Waals surface area contributed by atoms with Crippen molar-refractivity contribution in [2.75, 3.05) is 0 Å². The highest BCUT2D eigenvalue weighted by Gasteiger charge is 2.33. The van der Waals surface area contributed by atoms with Crippen molar-refractivity contribution in [3.8, 4) is 5.75 Å². The minimum absolute atomic E-state index is 0.106. The Morgan fingerprint density at radius 1 is 0.966 bits per heavy atom. The van der Waals surface area contributed by atoms with Crippen LogP contribution >= 0.6 is 0 Å². The summed E-state index contributed by atoms with van der Waals surface area (Å²) in [5, 5.41) is 0. The van der Waals surface area contributed by atoms with E-state index in [0.717, 1.165) is 43.7 Å². The minimum Gasteiger partial charge on any atom is -0.403 e. The third-order valence-corrected chi connectivity index (χ3v) is 6.20. The number of halogens is 4. The lowest BCUT2D eigenvalue weighted by atomic mass is 9.74. The van der Waals surface area contributed by atoms with Gasteiger partial charge in [-0.25, -0.2) is 4.39 Å². The molecule has 0 bridgehead atoms. The number of benzene rings is 2. The summed E-state index contributed by atoms with van der Waals surface area (Å²) in [5.74, 6) is -1.02. The Bertz CT molecular complexity index is 929. The second kappa shape index (κ2) is 7.85. The fourth-order valence-electron chi connectivity index (χ4n) is 4.90. The van der Waals surface area contributed by atoms with Gasteiger partial charge in [-0.2, -0.15) is 0 Å². The molecule has 2 atom stereocenters. The quantitative estimate of drug-likeness (QED) is 0.410. The van der Waals surface area contributed by atoms with E-state index in [1.54, 1.807) is 6.07 Å². The number of rotatable bonds is 3. The van der Waals surface area contributed by atoms with Crippen LogP contribution in [0.3, 0.4) is 0 Å². The van der Waals surface area contributed by atoms with Gasteiger partial charge in [0.1, 0.15) is 0 Å². The first-order chi connectivity index (χ1) is 13.8. The van der Waals surface area contributed by atoms with Crippen LogP contribution < -0.4 is 4.74 Å². The Morgan fingerprint density at radius 2 is 1.66 bits per heavy atom. The number of allylic oxidation sites excluding steroid dienone is 2. The number of hydrogen-bond acceptors (Lipinski definition) is 1. The molecule has 0 aromatic heterocycles. The molecule has 4 rings (SSSR count). The summed E-state index contributed by atoms with van der Waals surface area (Å²) in [7, 11) is 0. The van der Waals surface area contributed by atoms with E-state index in [4.69, 9.17) is 0 Å². The first-order valence-corrected chi connectivity index (χ1v) is 10.1. The van der Waals surface area contributed by atoms with E-state index in [1.165, 1.54) is 34.7 Å². The van der Waals surface area contributed by atoms with Gasteiger partial charge in [0.2, 0.25) is 0 Å². The van der Waals surface area contributed by atoms with Crippen LogP contribution in [0.15, 0.2) is 42.5 Å². The molecule has 1 nitrogen and oxygen atoms in total. The van der Waals surface area contributed by atoms with Crippen molar-refractivity contribution in [2.24, 2.45) is 5.92 Å². The molecule has 0 unspecified atom stereocenters. The fourth-order valence-corrected chi connectivity index (χ4v) is 4.90. The highest BCUT2D eigenvalue weighted by Crippen LogP contribution is 2.39. The van der Waals surface area contributed by atoms with E-state index in [-0.39, 0.29) is 5.92 Å². The molecule has 0 spiro atoms. The van der Waals surface area contributed by atoms with E-state index < -0.39 is 17.9 Å². The molecule has 2 aliphatic rings. The number of hydrogen-bond donors (Lipinski definition) is 0. The van der Waals surface area contributed by atoms with Gasteiger partial charge in [-0.15, -0.1) is 13.2 Å². The largest absolute Gasteiger partial charge is 0.573 e. The summed E-state index contributed by atoms with van der Waals surface area (Å²) in [6, 6.07) is 8.25. The van der Waals surface area contributed by atoms with Crippen molar-refractivity contribution in [3.05, 3.63) is 76.1 Å². The second-order valence-electron chi connectivity index (χ2n) is 8.05. The van der Waals surface area contributed by atoms with Gasteiger partial charge in [-0.1, -0.05) is 30.4 Å². The topological polar surface area (TPSA) is 9.23 Å². The molecule has 0 amide bonds. The van der Waals surface area contributed by atoms with Crippen LogP contribution in [0.5, 0.6) is 5.75 Å². The summed E-state index contributed by atoms with van der Waals surface area (Å²) in [6.07, 6.45) is 5.47. The van der Waals surface area contributed by atoms with Crippen molar-refractivity contribution in [2.45, 2.75) is 57.7 Å². The van der Waals surface area contributed by atoms with E-state index in [9.17, 15) is 17.6 Å². The van der Waals surface area contributed by atoms with Crippen LogP contribution in [0.1, 0.15) is 53.5 Å². The Kier molecular flexibility index (Phi) is 5.41. The molecule has 0 fully saturated rings. The van der Waals surface area contributed by atoms with Gasteiger partial charge in [0.25, 0.3) is 0 Å². The maximum atomic E-state index is 14.1. The number of ether oxygens (including phenoxy) is 1. The van der Waals surface area contributed by atoms with Crippen LogP contribution in [-0.4, -0.2) is 6.36 Å². The Morgan fingerprint density at radius 3 is 2.31 bits per heavy atom. The van der Waals surface area contributed by atoms with E-state index in [0.29, 0.717) is 5.92 Å². The summed E-state index contributed by atoms with van der Waals surface area (Å²) >= 11 is 0. The van der Waals surface area contributed by atoms with Gasteiger partial charge < -0.3 is 4.74 Å². The monoisotopic (exact) mass is 404 g/mol. The maximum absolute atomic E-state index is 14.1. The zero-order valence-electron chi connectivity index (χ0n) is 16.4. The number of fused-ring (bicyclic) bond motifs is 3. The average molecular weight is 404 g/mol. The molecule has 0 radical (unpaired) electrons. The van der Waals surface area contributed by atoms with Crippen molar-refractivity contribution in [1.82, 2.24) is 0 Å². The summed E-state index contributed by atoms with van der Waals surface area (Å²) in [4.78, 5) is 0. The lowest BCUT2D eigenvalue weighted by Crippen LogP contribution is -2.20. The lowest BCUT2D eigenvalue weighted by Gasteiger charge is -2.31. The smallest absolute Gasteiger partial charge is 0.403 e. The highest BCUT2D eigenvalue weighted by atomic mass is 19.4. The zero-order valence-corrected chi connectivity index (χ0v) is 16.4. The molecule has 2 aromatic rings. The van der Waals surface area contributed by atoms with E-state index in [1.807, 2.05) is 0 Å². The predicted octanol–water partition coefficient (Wildman–Crippen LogP) is 6.68. The highest BCUT2D eigenvalue weighted by molar-refractivity contribution is 5.46. The van der Waals surface area contributed by atoms with Gasteiger partial charge in [0.05, 0.1) is 0 Å². The molecule has 0 saturated heterocycles. The van der Waals surface area contributed by atoms with Crippen molar-refractivity contribution >= 4 is 0 Å². The van der Waals surface area contributed by atoms with Crippen LogP contribution in [0.25, 0.3) is 0 Å².